The average Bonchev–Trinajstić information content (AvgIpc) is 2.04. The molecule has 0 saturated carbocycles. The van der Waals surface area contributed by atoms with Crippen LogP contribution in [0.4, 0.5) is 0 Å². The molecule has 13 heavy (non-hydrogen) atoms. The minimum atomic E-state index is -0.0774. The summed E-state index contributed by atoms with van der Waals surface area (Å²) in [6.45, 7) is 11.8. The minimum Gasteiger partial charge on any atom is -0.415 e. The molecule has 0 spiro atoms. The fourth-order valence-electron chi connectivity index (χ4n) is 0.839. The van der Waals surface area contributed by atoms with Crippen molar-refractivity contribution in [2.24, 2.45) is 11.3 Å². The van der Waals surface area contributed by atoms with E-state index in [1.807, 2.05) is 39.8 Å². The van der Waals surface area contributed by atoms with Crippen molar-refractivity contribution in [3.63, 3.8) is 0 Å². The molecule has 0 saturated heterocycles. The van der Waals surface area contributed by atoms with E-state index in [0.717, 1.165) is 11.3 Å². The van der Waals surface area contributed by atoms with Crippen LogP contribution < -0.4 is 5.90 Å². The van der Waals surface area contributed by atoms with Crippen molar-refractivity contribution in [2.75, 3.05) is 0 Å². The summed E-state index contributed by atoms with van der Waals surface area (Å²) in [4.78, 5) is 4.82. The van der Waals surface area contributed by atoms with E-state index in [2.05, 4.69) is 6.58 Å². The summed E-state index contributed by atoms with van der Waals surface area (Å²) < 4.78 is 0. The van der Waals surface area contributed by atoms with Gasteiger partial charge in [0.05, 0.1) is 0 Å². The molecule has 0 aliphatic rings. The van der Waals surface area contributed by atoms with Crippen LogP contribution in [0, 0.1) is 5.41 Å². The highest BCUT2D eigenvalue weighted by molar-refractivity contribution is 5.31. The van der Waals surface area contributed by atoms with Crippen LogP contribution >= 0.6 is 0 Å². The van der Waals surface area contributed by atoms with Crippen molar-refractivity contribution < 1.29 is 4.84 Å². The van der Waals surface area contributed by atoms with Gasteiger partial charge in [-0.1, -0.05) is 39.5 Å². The third-order valence-electron chi connectivity index (χ3n) is 1.73. The molecule has 0 aromatic carbocycles. The van der Waals surface area contributed by atoms with E-state index < -0.39 is 0 Å². The van der Waals surface area contributed by atoms with Crippen LogP contribution in [0.5, 0.6) is 0 Å². The Bertz CT molecular complexity index is 231. The molecule has 0 atom stereocenters. The van der Waals surface area contributed by atoms with Gasteiger partial charge in [0.2, 0.25) is 0 Å². The lowest BCUT2D eigenvalue weighted by molar-refractivity contribution is 0.155. The molecule has 0 aromatic rings. The zero-order valence-electron chi connectivity index (χ0n) is 8.92. The van der Waals surface area contributed by atoms with Gasteiger partial charge in [0.1, 0.15) is 5.76 Å². The zero-order chi connectivity index (χ0) is 10.5. The van der Waals surface area contributed by atoms with Gasteiger partial charge in [-0.05, 0) is 18.6 Å². The summed E-state index contributed by atoms with van der Waals surface area (Å²) in [7, 11) is 0. The molecule has 0 unspecified atom stereocenters. The molecule has 0 amide bonds. The van der Waals surface area contributed by atoms with Gasteiger partial charge in [-0.3, -0.25) is 0 Å². The third kappa shape index (κ3) is 3.95. The van der Waals surface area contributed by atoms with Gasteiger partial charge in [-0.25, -0.2) is 0 Å². The molecule has 0 fully saturated rings. The van der Waals surface area contributed by atoms with E-state index in [1.54, 1.807) is 6.08 Å². The monoisotopic (exact) mass is 181 g/mol. The van der Waals surface area contributed by atoms with Crippen LogP contribution in [0.25, 0.3) is 0 Å². The fraction of sp³-hybridized carbons (Fsp3) is 0.455. The second kappa shape index (κ2) is 4.87. The fourth-order valence-corrected chi connectivity index (χ4v) is 0.839. The maximum atomic E-state index is 5.19. The number of rotatable bonds is 3. The van der Waals surface area contributed by atoms with Crippen LogP contribution in [0.2, 0.25) is 0 Å². The first-order valence-corrected chi connectivity index (χ1v) is 4.33. The first-order valence-electron chi connectivity index (χ1n) is 4.33. The summed E-state index contributed by atoms with van der Waals surface area (Å²) in [5.74, 6) is 5.94. The largest absolute Gasteiger partial charge is 0.415 e. The van der Waals surface area contributed by atoms with Gasteiger partial charge in [0.25, 0.3) is 0 Å². The van der Waals surface area contributed by atoms with Crippen molar-refractivity contribution in [3.8, 4) is 0 Å². The first-order chi connectivity index (χ1) is 5.95. The molecule has 0 bridgehead atoms. The lowest BCUT2D eigenvalue weighted by Gasteiger charge is -2.20. The maximum absolute atomic E-state index is 5.19. The van der Waals surface area contributed by atoms with E-state index in [-0.39, 0.29) is 5.41 Å². The number of nitrogens with two attached hydrogens (primary N) is 1. The number of hydrogen-bond acceptors (Lipinski definition) is 2. The Morgan fingerprint density at radius 1 is 1.38 bits per heavy atom. The Morgan fingerprint density at radius 3 is 2.15 bits per heavy atom. The molecule has 2 nitrogen and oxygen atoms in total. The first kappa shape index (κ1) is 12.0. The van der Waals surface area contributed by atoms with Crippen LogP contribution in [0.1, 0.15) is 27.7 Å². The van der Waals surface area contributed by atoms with Gasteiger partial charge in [-0.2, -0.15) is 5.90 Å². The quantitative estimate of drug-likeness (QED) is 0.413. The molecular weight excluding hydrogens is 162 g/mol. The standard InChI is InChI=1S/C11H19NO/c1-6-9(7-2)8-10(13-12)11(3,4)5/h6-8H,1,12H2,2-5H3/b9-7-,10-8-. The summed E-state index contributed by atoms with van der Waals surface area (Å²) >= 11 is 0. The van der Waals surface area contributed by atoms with Crippen molar-refractivity contribution in [1.29, 1.82) is 0 Å². The Hall–Kier alpha value is -1.02. The van der Waals surface area contributed by atoms with Crippen molar-refractivity contribution in [2.45, 2.75) is 27.7 Å². The maximum Gasteiger partial charge on any atom is 0.129 e. The molecular formula is C11H19NO. The van der Waals surface area contributed by atoms with Crippen molar-refractivity contribution in [1.82, 2.24) is 0 Å². The smallest absolute Gasteiger partial charge is 0.129 e. The molecule has 0 aliphatic carbocycles. The molecule has 0 rings (SSSR count). The Labute approximate surface area is 80.7 Å². The minimum absolute atomic E-state index is 0.0774. The molecule has 0 aromatic heterocycles. The predicted octanol–water partition coefficient (Wildman–Crippen LogP) is 2.94. The second-order valence-corrected chi connectivity index (χ2v) is 3.87. The van der Waals surface area contributed by atoms with Gasteiger partial charge in [-0.15, -0.1) is 0 Å². The summed E-state index contributed by atoms with van der Waals surface area (Å²) in [6.07, 6.45) is 5.62. The van der Waals surface area contributed by atoms with Crippen molar-refractivity contribution >= 4 is 0 Å². The predicted molar refractivity (Wildman–Crippen MR) is 56.8 cm³/mol. The third-order valence-corrected chi connectivity index (χ3v) is 1.73. The summed E-state index contributed by atoms with van der Waals surface area (Å²) in [5.41, 5.74) is 0.932. The highest BCUT2D eigenvalue weighted by Crippen LogP contribution is 2.26. The molecule has 0 radical (unpaired) electrons. The molecule has 0 aliphatic heterocycles. The molecule has 2 heteroatoms. The molecule has 2 N–H and O–H groups in total. The van der Waals surface area contributed by atoms with Crippen LogP contribution in [-0.2, 0) is 4.84 Å². The number of hydrogen-bond donors (Lipinski definition) is 1. The van der Waals surface area contributed by atoms with Crippen molar-refractivity contribution in [3.05, 3.63) is 36.1 Å². The van der Waals surface area contributed by atoms with Crippen LogP contribution in [0.15, 0.2) is 36.1 Å². The Kier molecular flexibility index (Phi) is 4.49. The van der Waals surface area contributed by atoms with Gasteiger partial charge in [0, 0.05) is 5.41 Å². The van der Waals surface area contributed by atoms with E-state index >= 15 is 0 Å². The summed E-state index contributed by atoms with van der Waals surface area (Å²) in [6, 6.07) is 0. The van der Waals surface area contributed by atoms with E-state index in [4.69, 9.17) is 10.7 Å². The zero-order valence-corrected chi connectivity index (χ0v) is 8.92. The average molecular weight is 181 g/mol. The lowest BCUT2D eigenvalue weighted by atomic mass is 9.92. The highest BCUT2D eigenvalue weighted by Gasteiger charge is 2.18. The Balaban J connectivity index is 4.87. The second-order valence-electron chi connectivity index (χ2n) is 3.87. The Morgan fingerprint density at radius 2 is 1.92 bits per heavy atom. The van der Waals surface area contributed by atoms with Gasteiger partial charge >= 0.3 is 0 Å². The van der Waals surface area contributed by atoms with Crippen LogP contribution in [0.3, 0.4) is 0 Å². The van der Waals surface area contributed by atoms with Gasteiger partial charge < -0.3 is 4.84 Å². The summed E-state index contributed by atoms with van der Waals surface area (Å²) in [5, 5.41) is 0. The lowest BCUT2D eigenvalue weighted by Crippen LogP contribution is -2.15. The topological polar surface area (TPSA) is 35.2 Å². The van der Waals surface area contributed by atoms with E-state index in [0.29, 0.717) is 0 Å². The molecule has 74 valence electrons. The number of allylic oxidation sites excluding steroid dienone is 5. The molecule has 0 heterocycles. The highest BCUT2D eigenvalue weighted by atomic mass is 16.6. The van der Waals surface area contributed by atoms with Gasteiger partial charge in [0.15, 0.2) is 0 Å². The van der Waals surface area contributed by atoms with Crippen LogP contribution in [-0.4, -0.2) is 0 Å². The SMILES string of the molecule is C=CC(=C/C)/C=C(\ON)C(C)(C)C. The van der Waals surface area contributed by atoms with E-state index in [1.165, 1.54) is 0 Å². The normalized spacial score (nSPS) is 14.2. The van der Waals surface area contributed by atoms with E-state index in [9.17, 15) is 0 Å².